The van der Waals surface area contributed by atoms with E-state index < -0.39 is 42.3 Å². The topological polar surface area (TPSA) is 85.3 Å². The molecule has 0 unspecified atom stereocenters. The van der Waals surface area contributed by atoms with Crippen molar-refractivity contribution in [3.8, 4) is 0 Å². The lowest BCUT2D eigenvalue weighted by atomic mass is 9.87. The van der Waals surface area contributed by atoms with Crippen molar-refractivity contribution in [2.45, 2.75) is 19.1 Å². The first-order chi connectivity index (χ1) is 14.9. The summed E-state index contributed by atoms with van der Waals surface area (Å²) in [6, 6.07) is 13.7. The Morgan fingerprint density at radius 3 is 2.19 bits per heavy atom. The first kappa shape index (κ1) is 21.6. The van der Waals surface area contributed by atoms with E-state index >= 15 is 0 Å². The van der Waals surface area contributed by atoms with Gasteiger partial charge >= 0.3 is 7.60 Å². The highest BCUT2D eigenvalue weighted by Crippen LogP contribution is 2.72. The van der Waals surface area contributed by atoms with Gasteiger partial charge in [0.2, 0.25) is 11.8 Å². The van der Waals surface area contributed by atoms with Gasteiger partial charge in [0, 0.05) is 6.21 Å². The number of carbonyl (C=O) groups excluding carboxylic acids is 2. The molecule has 0 radical (unpaired) electrons. The highest BCUT2D eigenvalue weighted by Gasteiger charge is 2.69. The molecule has 9 heteroatoms. The number of fused-ring (bicyclic) bond motifs is 1. The van der Waals surface area contributed by atoms with Gasteiger partial charge in [-0.2, -0.15) is 0 Å². The van der Waals surface area contributed by atoms with Gasteiger partial charge in [0.05, 0.1) is 30.7 Å². The molecule has 0 spiro atoms. The van der Waals surface area contributed by atoms with Gasteiger partial charge in [-0.15, -0.1) is 0 Å². The molecule has 0 aliphatic carbocycles. The molecule has 4 rings (SSSR count). The second kappa shape index (κ2) is 8.11. The Bertz CT molecular complexity index is 1070. The van der Waals surface area contributed by atoms with Gasteiger partial charge in [-0.3, -0.25) is 19.1 Å². The van der Waals surface area contributed by atoms with Crippen LogP contribution in [-0.4, -0.2) is 31.2 Å². The summed E-state index contributed by atoms with van der Waals surface area (Å²) < 4.78 is 38.8. The predicted octanol–water partition coefficient (Wildman–Crippen LogP) is 4.13. The molecule has 7 nitrogen and oxygen atoms in total. The normalized spacial score (nSPS) is 25.3. The van der Waals surface area contributed by atoms with E-state index in [9.17, 15) is 18.5 Å². The third-order valence-electron chi connectivity index (χ3n) is 5.52. The average molecular weight is 444 g/mol. The van der Waals surface area contributed by atoms with Gasteiger partial charge in [-0.05, 0) is 43.7 Å². The van der Waals surface area contributed by atoms with Gasteiger partial charge in [0.1, 0.15) is 5.82 Å². The zero-order chi connectivity index (χ0) is 22.2. The number of benzene rings is 2. The van der Waals surface area contributed by atoms with Crippen LogP contribution >= 0.6 is 7.60 Å². The van der Waals surface area contributed by atoms with E-state index in [2.05, 4.69) is 4.99 Å². The molecule has 0 saturated carbocycles. The highest BCUT2D eigenvalue weighted by atomic mass is 31.2. The molecule has 1 saturated heterocycles. The van der Waals surface area contributed by atoms with E-state index in [4.69, 9.17) is 9.05 Å². The number of anilines is 1. The Morgan fingerprint density at radius 2 is 1.61 bits per heavy atom. The van der Waals surface area contributed by atoms with Crippen LogP contribution in [0.3, 0.4) is 0 Å². The maximum Gasteiger partial charge on any atom is 0.363 e. The van der Waals surface area contributed by atoms with E-state index in [-0.39, 0.29) is 18.9 Å². The number of hydrogen-bond donors (Lipinski definition) is 0. The highest BCUT2D eigenvalue weighted by molar-refractivity contribution is 7.55. The number of aliphatic imine (C=N–C) groups is 1. The van der Waals surface area contributed by atoms with Crippen LogP contribution in [0.1, 0.15) is 19.4 Å². The van der Waals surface area contributed by atoms with E-state index in [0.717, 1.165) is 4.90 Å². The number of halogens is 1. The minimum atomic E-state index is -4.04. The van der Waals surface area contributed by atoms with Crippen LogP contribution in [0.25, 0.3) is 0 Å². The van der Waals surface area contributed by atoms with E-state index in [0.29, 0.717) is 5.56 Å². The van der Waals surface area contributed by atoms with Crippen molar-refractivity contribution >= 4 is 31.3 Å². The smallest absolute Gasteiger partial charge is 0.307 e. The lowest BCUT2D eigenvalue weighted by Crippen LogP contribution is -2.40. The second-order valence-electron chi connectivity index (χ2n) is 7.20. The summed E-state index contributed by atoms with van der Waals surface area (Å²) in [6.07, 6.45) is 1.37. The fraction of sp³-hybridized carbons (Fsp3) is 0.318. The van der Waals surface area contributed by atoms with Gasteiger partial charge in [-0.1, -0.05) is 30.3 Å². The molecule has 2 aromatic rings. The Balaban J connectivity index is 1.89. The lowest BCUT2D eigenvalue weighted by Gasteiger charge is -2.37. The van der Waals surface area contributed by atoms with Crippen LogP contribution < -0.4 is 4.90 Å². The predicted molar refractivity (Wildman–Crippen MR) is 113 cm³/mol. The van der Waals surface area contributed by atoms with Gasteiger partial charge < -0.3 is 9.05 Å². The summed E-state index contributed by atoms with van der Waals surface area (Å²) in [6.45, 7) is 3.49. The summed E-state index contributed by atoms with van der Waals surface area (Å²) in [7, 11) is -4.04. The van der Waals surface area contributed by atoms with Crippen molar-refractivity contribution in [2.75, 3.05) is 18.1 Å². The Morgan fingerprint density at radius 1 is 1.00 bits per heavy atom. The molecule has 2 aromatic carbocycles. The van der Waals surface area contributed by atoms with Gasteiger partial charge in [-0.25, -0.2) is 9.29 Å². The summed E-state index contributed by atoms with van der Waals surface area (Å²) in [4.78, 5) is 32.3. The van der Waals surface area contributed by atoms with Crippen LogP contribution in [0.2, 0.25) is 0 Å². The Kier molecular flexibility index (Phi) is 5.64. The molecule has 0 bridgehead atoms. The molecular formula is C22H22FN2O5P. The molecule has 2 aliphatic heterocycles. The quantitative estimate of drug-likeness (QED) is 0.474. The number of amides is 2. The second-order valence-corrected chi connectivity index (χ2v) is 9.39. The fourth-order valence-electron chi connectivity index (χ4n) is 4.29. The molecule has 2 aliphatic rings. The summed E-state index contributed by atoms with van der Waals surface area (Å²) in [5, 5.41) is -1.70. The molecule has 1 fully saturated rings. The maximum absolute atomic E-state index is 14.1. The van der Waals surface area contributed by atoms with E-state index in [1.54, 1.807) is 44.2 Å². The first-order valence-corrected chi connectivity index (χ1v) is 11.6. The molecule has 31 heavy (non-hydrogen) atoms. The average Bonchev–Trinajstić information content (AvgIpc) is 3.28. The van der Waals surface area contributed by atoms with Crippen molar-refractivity contribution < 1.29 is 27.6 Å². The maximum atomic E-state index is 14.1. The van der Waals surface area contributed by atoms with Crippen molar-refractivity contribution in [2.24, 2.45) is 16.8 Å². The zero-order valence-electron chi connectivity index (χ0n) is 17.1. The van der Waals surface area contributed by atoms with Crippen LogP contribution in [0.15, 0.2) is 59.6 Å². The number of imide groups is 1. The molecule has 0 N–H and O–H groups in total. The largest absolute Gasteiger partial charge is 0.363 e. The monoisotopic (exact) mass is 444 g/mol. The number of carbonyl (C=O) groups is 2. The third kappa shape index (κ3) is 3.17. The fourth-order valence-corrected chi connectivity index (χ4v) is 6.73. The number of rotatable bonds is 7. The van der Waals surface area contributed by atoms with Crippen LogP contribution in [0.4, 0.5) is 10.1 Å². The van der Waals surface area contributed by atoms with Crippen LogP contribution in [0, 0.1) is 17.7 Å². The van der Waals surface area contributed by atoms with E-state index in [1.807, 2.05) is 0 Å². The van der Waals surface area contributed by atoms with Crippen LogP contribution in [0.5, 0.6) is 0 Å². The molecule has 3 atom stereocenters. The van der Waals surface area contributed by atoms with Gasteiger partial charge in [0.15, 0.2) is 5.28 Å². The SMILES string of the molecule is CCOP(=O)(OCC)[C@]1(c2ccccc2)N=C[C@H]2C(=O)N(c3ccc(F)cc3)C(=O)[C@H]21. The van der Waals surface area contributed by atoms with Gasteiger partial charge in [0.25, 0.3) is 0 Å². The standard InChI is InChI=1S/C22H22FN2O5P/c1-3-29-31(28,30-4-2)22(15-8-6-5-7-9-15)19-18(14-24-22)20(26)25(21(19)27)17-12-10-16(23)11-13-17/h5-14,18-19H,3-4H2,1-2H3/t18-,19+,22+/m1/s1. The first-order valence-electron chi connectivity index (χ1n) is 10.0. The van der Waals surface area contributed by atoms with Crippen molar-refractivity contribution in [1.82, 2.24) is 0 Å². The summed E-state index contributed by atoms with van der Waals surface area (Å²) in [5.41, 5.74) is 0.704. The summed E-state index contributed by atoms with van der Waals surface area (Å²) in [5.74, 6) is -3.63. The molecule has 0 aromatic heterocycles. The van der Waals surface area contributed by atoms with Crippen molar-refractivity contribution in [3.63, 3.8) is 0 Å². The molecule has 162 valence electrons. The molecular weight excluding hydrogens is 422 g/mol. The molecule has 2 amide bonds. The zero-order valence-corrected chi connectivity index (χ0v) is 18.0. The number of nitrogens with zero attached hydrogens (tertiary/aromatic N) is 2. The van der Waals surface area contributed by atoms with Crippen molar-refractivity contribution in [1.29, 1.82) is 0 Å². The van der Waals surface area contributed by atoms with E-state index in [1.165, 1.54) is 30.5 Å². The minimum Gasteiger partial charge on any atom is -0.307 e. The third-order valence-corrected chi connectivity index (χ3v) is 8.20. The Hall–Kier alpha value is -2.67. The van der Waals surface area contributed by atoms with Crippen molar-refractivity contribution in [3.05, 3.63) is 66.0 Å². The lowest BCUT2D eigenvalue weighted by molar-refractivity contribution is -0.123. The summed E-state index contributed by atoms with van der Waals surface area (Å²) >= 11 is 0. The minimum absolute atomic E-state index is 0.0720. The van der Waals surface area contributed by atoms with Crippen LogP contribution in [-0.2, 0) is 28.5 Å². The molecule has 2 heterocycles. The number of hydrogen-bond acceptors (Lipinski definition) is 6. The Labute approximate surface area is 179 Å².